The Labute approximate surface area is 116 Å². The third-order valence-electron chi connectivity index (χ3n) is 2.95. The number of nitriles is 1. The van der Waals surface area contributed by atoms with E-state index in [0.717, 1.165) is 0 Å². The summed E-state index contributed by atoms with van der Waals surface area (Å²) in [5.41, 5.74) is 0.789. The van der Waals surface area contributed by atoms with E-state index in [1.54, 1.807) is 12.1 Å². The lowest BCUT2D eigenvalue weighted by atomic mass is 10.1. The molecule has 0 radical (unpaired) electrons. The zero-order valence-electron chi connectivity index (χ0n) is 11.0. The van der Waals surface area contributed by atoms with Crippen LogP contribution in [-0.2, 0) is 0 Å². The fourth-order valence-corrected chi connectivity index (χ4v) is 1.99. The SMILES string of the molecule is C[C@@H](C[C@@H](O)c1ccco1)Nc1ccc(F)cc1C#N. The monoisotopic (exact) mass is 274 g/mol. The zero-order valence-corrected chi connectivity index (χ0v) is 11.0. The van der Waals surface area contributed by atoms with Crippen LogP contribution in [0.1, 0.15) is 30.8 Å². The smallest absolute Gasteiger partial charge is 0.132 e. The van der Waals surface area contributed by atoms with Gasteiger partial charge in [-0.3, -0.25) is 0 Å². The molecule has 1 heterocycles. The Morgan fingerprint density at radius 2 is 2.25 bits per heavy atom. The predicted octanol–water partition coefficient (Wildman–Crippen LogP) is 3.21. The van der Waals surface area contributed by atoms with E-state index >= 15 is 0 Å². The van der Waals surface area contributed by atoms with Crippen molar-refractivity contribution in [2.45, 2.75) is 25.5 Å². The van der Waals surface area contributed by atoms with Crippen molar-refractivity contribution >= 4 is 5.69 Å². The first-order valence-corrected chi connectivity index (χ1v) is 6.28. The molecule has 0 aliphatic heterocycles. The van der Waals surface area contributed by atoms with Gasteiger partial charge in [0.2, 0.25) is 0 Å². The van der Waals surface area contributed by atoms with E-state index in [4.69, 9.17) is 9.68 Å². The Hall–Kier alpha value is -2.32. The van der Waals surface area contributed by atoms with Gasteiger partial charge in [0.15, 0.2) is 0 Å². The molecule has 5 heteroatoms. The maximum absolute atomic E-state index is 13.0. The first kappa shape index (κ1) is 14.1. The molecule has 2 atom stereocenters. The van der Waals surface area contributed by atoms with E-state index in [1.807, 2.05) is 13.0 Å². The van der Waals surface area contributed by atoms with Crippen molar-refractivity contribution in [3.63, 3.8) is 0 Å². The molecule has 0 amide bonds. The molecule has 1 aromatic heterocycles. The van der Waals surface area contributed by atoms with Crippen LogP contribution in [0.25, 0.3) is 0 Å². The predicted molar refractivity (Wildman–Crippen MR) is 72.5 cm³/mol. The molecule has 0 spiro atoms. The summed E-state index contributed by atoms with van der Waals surface area (Å²) < 4.78 is 18.2. The molecule has 0 aliphatic carbocycles. The maximum atomic E-state index is 13.0. The summed E-state index contributed by atoms with van der Waals surface area (Å²) in [5, 5.41) is 22.0. The number of rotatable bonds is 5. The van der Waals surface area contributed by atoms with Crippen molar-refractivity contribution in [3.8, 4) is 6.07 Å². The number of nitrogens with zero attached hydrogens (tertiary/aromatic N) is 1. The molecule has 104 valence electrons. The topological polar surface area (TPSA) is 69.2 Å². The number of aliphatic hydroxyl groups is 1. The van der Waals surface area contributed by atoms with Gasteiger partial charge in [-0.05, 0) is 37.3 Å². The van der Waals surface area contributed by atoms with Gasteiger partial charge in [-0.15, -0.1) is 0 Å². The number of nitrogens with one attached hydrogen (secondary N) is 1. The van der Waals surface area contributed by atoms with Gasteiger partial charge < -0.3 is 14.8 Å². The average Bonchev–Trinajstić information content (AvgIpc) is 2.94. The Balaban J connectivity index is 2.01. The van der Waals surface area contributed by atoms with E-state index < -0.39 is 11.9 Å². The molecular weight excluding hydrogens is 259 g/mol. The van der Waals surface area contributed by atoms with Crippen LogP contribution in [0.3, 0.4) is 0 Å². The van der Waals surface area contributed by atoms with Gasteiger partial charge in [0.05, 0.1) is 17.5 Å². The first-order valence-electron chi connectivity index (χ1n) is 6.28. The van der Waals surface area contributed by atoms with Crippen LogP contribution in [0.2, 0.25) is 0 Å². The van der Waals surface area contributed by atoms with E-state index in [0.29, 0.717) is 17.9 Å². The number of hydrogen-bond donors (Lipinski definition) is 2. The molecule has 0 bridgehead atoms. The second-order valence-electron chi connectivity index (χ2n) is 4.61. The molecule has 2 rings (SSSR count). The second-order valence-corrected chi connectivity index (χ2v) is 4.61. The number of anilines is 1. The second kappa shape index (κ2) is 6.22. The summed E-state index contributed by atoms with van der Waals surface area (Å²) in [4.78, 5) is 0. The molecule has 0 aliphatic rings. The highest BCUT2D eigenvalue weighted by molar-refractivity contribution is 5.57. The third-order valence-corrected chi connectivity index (χ3v) is 2.95. The first-order chi connectivity index (χ1) is 9.60. The van der Waals surface area contributed by atoms with Gasteiger partial charge in [-0.25, -0.2) is 4.39 Å². The molecule has 4 nitrogen and oxygen atoms in total. The number of furan rings is 1. The van der Waals surface area contributed by atoms with E-state index in [1.165, 1.54) is 24.5 Å². The number of hydrogen-bond acceptors (Lipinski definition) is 4. The molecule has 1 aromatic carbocycles. The highest BCUT2D eigenvalue weighted by atomic mass is 19.1. The highest BCUT2D eigenvalue weighted by Crippen LogP contribution is 2.22. The fourth-order valence-electron chi connectivity index (χ4n) is 1.99. The van der Waals surface area contributed by atoms with Crippen molar-refractivity contribution in [2.24, 2.45) is 0 Å². The molecule has 0 saturated carbocycles. The molecule has 20 heavy (non-hydrogen) atoms. The number of benzene rings is 1. The minimum absolute atomic E-state index is 0.104. The summed E-state index contributed by atoms with van der Waals surface area (Å²) in [6.07, 6.45) is 1.19. The lowest BCUT2D eigenvalue weighted by Gasteiger charge is -2.18. The van der Waals surface area contributed by atoms with Crippen molar-refractivity contribution < 1.29 is 13.9 Å². The van der Waals surface area contributed by atoms with Crippen LogP contribution in [0.5, 0.6) is 0 Å². The van der Waals surface area contributed by atoms with Gasteiger partial charge in [0, 0.05) is 12.5 Å². The third kappa shape index (κ3) is 3.37. The van der Waals surface area contributed by atoms with Crippen LogP contribution >= 0.6 is 0 Å². The molecule has 0 unspecified atom stereocenters. The number of aliphatic hydroxyl groups excluding tert-OH is 1. The van der Waals surface area contributed by atoms with Crippen molar-refractivity contribution in [1.29, 1.82) is 5.26 Å². The zero-order chi connectivity index (χ0) is 14.5. The van der Waals surface area contributed by atoms with Gasteiger partial charge in [0.1, 0.15) is 23.8 Å². The summed E-state index contributed by atoms with van der Waals surface area (Å²) in [6, 6.07) is 9.24. The van der Waals surface area contributed by atoms with Gasteiger partial charge in [-0.1, -0.05) is 0 Å². The van der Waals surface area contributed by atoms with E-state index in [2.05, 4.69) is 5.32 Å². The Kier molecular flexibility index (Phi) is 4.38. The molecule has 2 aromatic rings. The summed E-state index contributed by atoms with van der Waals surface area (Å²) in [7, 11) is 0. The molecule has 2 N–H and O–H groups in total. The summed E-state index contributed by atoms with van der Waals surface area (Å²) in [5.74, 6) is 0.0497. The van der Waals surface area contributed by atoms with Crippen molar-refractivity contribution in [2.75, 3.05) is 5.32 Å². The number of halogens is 1. The summed E-state index contributed by atoms with van der Waals surface area (Å²) in [6.45, 7) is 1.87. The minimum atomic E-state index is -0.724. The lowest BCUT2D eigenvalue weighted by Crippen LogP contribution is -2.19. The fraction of sp³-hybridized carbons (Fsp3) is 0.267. The minimum Gasteiger partial charge on any atom is -0.467 e. The van der Waals surface area contributed by atoms with Crippen LogP contribution in [-0.4, -0.2) is 11.1 Å². The highest BCUT2D eigenvalue weighted by Gasteiger charge is 2.15. The standard InChI is InChI=1S/C15H15FN2O2/c1-10(7-14(19)15-3-2-6-20-15)18-13-5-4-12(16)8-11(13)9-17/h2-6,8,10,14,18-19H,7H2,1H3/t10-,14+/m0/s1. The summed E-state index contributed by atoms with van der Waals surface area (Å²) >= 11 is 0. The molecule has 0 fully saturated rings. The van der Waals surface area contributed by atoms with Crippen LogP contribution in [0, 0.1) is 17.1 Å². The normalized spacial score (nSPS) is 13.5. The Morgan fingerprint density at radius 3 is 2.90 bits per heavy atom. The van der Waals surface area contributed by atoms with E-state index in [-0.39, 0.29) is 11.6 Å². The lowest BCUT2D eigenvalue weighted by molar-refractivity contribution is 0.136. The van der Waals surface area contributed by atoms with Crippen LogP contribution in [0.15, 0.2) is 41.0 Å². The molecular formula is C15H15FN2O2. The Bertz CT molecular complexity index is 605. The Morgan fingerprint density at radius 1 is 1.45 bits per heavy atom. The molecule has 0 saturated heterocycles. The van der Waals surface area contributed by atoms with E-state index in [9.17, 15) is 9.50 Å². The van der Waals surface area contributed by atoms with Gasteiger partial charge in [-0.2, -0.15) is 5.26 Å². The maximum Gasteiger partial charge on any atom is 0.132 e. The van der Waals surface area contributed by atoms with Crippen molar-refractivity contribution in [3.05, 3.63) is 53.7 Å². The quantitative estimate of drug-likeness (QED) is 0.878. The average molecular weight is 274 g/mol. The van der Waals surface area contributed by atoms with Crippen LogP contribution in [0.4, 0.5) is 10.1 Å². The van der Waals surface area contributed by atoms with Crippen molar-refractivity contribution in [1.82, 2.24) is 0 Å². The van der Waals surface area contributed by atoms with Gasteiger partial charge in [0.25, 0.3) is 0 Å². The van der Waals surface area contributed by atoms with Crippen LogP contribution < -0.4 is 5.32 Å². The largest absolute Gasteiger partial charge is 0.467 e. The van der Waals surface area contributed by atoms with Gasteiger partial charge >= 0.3 is 0 Å².